The molecule has 4 aromatic rings. The molecule has 0 saturated heterocycles. The summed E-state index contributed by atoms with van der Waals surface area (Å²) in [4.78, 5) is 13.5. The number of benzene rings is 3. The van der Waals surface area contributed by atoms with Crippen molar-refractivity contribution in [3.05, 3.63) is 95.2 Å². The summed E-state index contributed by atoms with van der Waals surface area (Å²) in [7, 11) is -3.32. The molecule has 0 bridgehead atoms. The first-order chi connectivity index (χ1) is 18.9. The molecule has 2 fully saturated rings. The van der Waals surface area contributed by atoms with Gasteiger partial charge in [-0.15, -0.1) is 0 Å². The third-order valence-electron chi connectivity index (χ3n) is 7.91. The van der Waals surface area contributed by atoms with Gasteiger partial charge in [0.15, 0.2) is 9.84 Å². The molecule has 1 amide bonds. The smallest absolute Gasteiger partial charge is 0.251 e. The molecule has 0 aliphatic heterocycles. The van der Waals surface area contributed by atoms with Crippen molar-refractivity contribution >= 4 is 26.6 Å². The van der Waals surface area contributed by atoms with Crippen LogP contribution in [0.2, 0.25) is 0 Å². The molecule has 0 spiro atoms. The molecule has 0 radical (unpaired) electrons. The van der Waals surface area contributed by atoms with Crippen molar-refractivity contribution in [1.29, 1.82) is 5.26 Å². The van der Waals surface area contributed by atoms with Crippen LogP contribution in [0.25, 0.3) is 16.6 Å². The number of nitriles is 1. The minimum Gasteiger partial charge on any atom is -0.344 e. The monoisotopic (exact) mass is 537 g/mol. The SMILES string of the molecule is CCS(=O)(=O)c1ccc([C@H](CC#N)NC(=O)c2ccc3c(ccn3-c3cc(C4CC4)cc(C4CC4)c3)c2)cc1. The Balaban J connectivity index is 1.25. The van der Waals surface area contributed by atoms with Gasteiger partial charge in [-0.05, 0) is 103 Å². The van der Waals surface area contributed by atoms with E-state index in [0.717, 1.165) is 10.9 Å². The van der Waals surface area contributed by atoms with Crippen molar-refractivity contribution in [3.63, 3.8) is 0 Å². The predicted octanol–water partition coefficient (Wildman–Crippen LogP) is 6.56. The number of nitrogens with zero attached hydrogens (tertiary/aromatic N) is 2. The first kappa shape index (κ1) is 25.4. The van der Waals surface area contributed by atoms with Crippen molar-refractivity contribution < 1.29 is 13.2 Å². The van der Waals surface area contributed by atoms with Gasteiger partial charge in [0.1, 0.15) is 0 Å². The Kier molecular flexibility index (Phi) is 6.52. The zero-order valence-corrected chi connectivity index (χ0v) is 22.7. The Morgan fingerprint density at radius 1 is 0.974 bits per heavy atom. The molecule has 6 rings (SSSR count). The molecule has 1 heterocycles. The number of carbonyl (C=O) groups excluding carboxylic acids is 1. The summed E-state index contributed by atoms with van der Waals surface area (Å²) in [5, 5.41) is 13.3. The highest BCUT2D eigenvalue weighted by molar-refractivity contribution is 7.91. The van der Waals surface area contributed by atoms with Crippen LogP contribution in [0.1, 0.15) is 84.0 Å². The lowest BCUT2D eigenvalue weighted by Crippen LogP contribution is -2.28. The molecular formula is C32H31N3O3S. The van der Waals surface area contributed by atoms with E-state index in [1.165, 1.54) is 54.6 Å². The largest absolute Gasteiger partial charge is 0.344 e. The van der Waals surface area contributed by atoms with Gasteiger partial charge in [-0.2, -0.15) is 5.26 Å². The molecular weight excluding hydrogens is 506 g/mol. The van der Waals surface area contributed by atoms with Gasteiger partial charge in [-0.1, -0.05) is 25.1 Å². The highest BCUT2D eigenvalue weighted by atomic mass is 32.2. The zero-order valence-electron chi connectivity index (χ0n) is 21.9. The van der Waals surface area contributed by atoms with Crippen molar-refractivity contribution in [2.75, 3.05) is 5.75 Å². The summed E-state index contributed by atoms with van der Waals surface area (Å²) >= 11 is 0. The number of rotatable bonds is 9. The maximum Gasteiger partial charge on any atom is 0.251 e. The van der Waals surface area contributed by atoms with E-state index in [9.17, 15) is 18.5 Å². The topological polar surface area (TPSA) is 92.0 Å². The van der Waals surface area contributed by atoms with Crippen molar-refractivity contribution in [3.8, 4) is 11.8 Å². The lowest BCUT2D eigenvalue weighted by atomic mass is 10.0. The average molecular weight is 538 g/mol. The van der Waals surface area contributed by atoms with Crippen molar-refractivity contribution in [2.24, 2.45) is 0 Å². The van der Waals surface area contributed by atoms with Crippen molar-refractivity contribution in [2.45, 2.75) is 61.8 Å². The van der Waals surface area contributed by atoms with Crippen LogP contribution in [0.4, 0.5) is 0 Å². The van der Waals surface area contributed by atoms with Crippen LogP contribution in [-0.4, -0.2) is 24.6 Å². The number of hydrogen-bond donors (Lipinski definition) is 1. The number of fused-ring (bicyclic) bond motifs is 1. The molecule has 39 heavy (non-hydrogen) atoms. The second-order valence-corrected chi connectivity index (χ2v) is 13.0. The van der Waals surface area contributed by atoms with E-state index >= 15 is 0 Å². The lowest BCUT2D eigenvalue weighted by molar-refractivity contribution is 0.0937. The summed E-state index contributed by atoms with van der Waals surface area (Å²) in [6.07, 6.45) is 7.23. The molecule has 7 heteroatoms. The molecule has 2 saturated carbocycles. The van der Waals surface area contributed by atoms with E-state index < -0.39 is 15.9 Å². The minimum absolute atomic E-state index is 0.0164. The van der Waals surface area contributed by atoms with E-state index in [1.54, 1.807) is 19.1 Å². The molecule has 1 aromatic heterocycles. The molecule has 1 N–H and O–H groups in total. The van der Waals surface area contributed by atoms with E-state index in [-0.39, 0.29) is 23.0 Å². The molecule has 2 aliphatic rings. The maximum absolute atomic E-state index is 13.2. The minimum atomic E-state index is -3.32. The van der Waals surface area contributed by atoms with Gasteiger partial charge < -0.3 is 9.88 Å². The Hall–Kier alpha value is -3.89. The van der Waals surface area contributed by atoms with Gasteiger partial charge in [-0.25, -0.2) is 8.42 Å². The Morgan fingerprint density at radius 2 is 1.64 bits per heavy atom. The molecule has 3 aromatic carbocycles. The van der Waals surface area contributed by atoms with Crippen LogP contribution >= 0.6 is 0 Å². The van der Waals surface area contributed by atoms with Crippen LogP contribution in [0, 0.1) is 11.3 Å². The number of carbonyl (C=O) groups is 1. The number of nitrogens with one attached hydrogen (secondary N) is 1. The highest BCUT2D eigenvalue weighted by Gasteiger charge is 2.29. The normalized spacial score (nSPS) is 16.1. The Bertz CT molecular complexity index is 1680. The Morgan fingerprint density at radius 3 is 2.23 bits per heavy atom. The second kappa shape index (κ2) is 10.0. The fourth-order valence-electron chi connectivity index (χ4n) is 5.27. The number of hydrogen-bond acceptors (Lipinski definition) is 4. The summed E-state index contributed by atoms with van der Waals surface area (Å²) in [6.45, 7) is 1.60. The fraction of sp³-hybridized carbons (Fsp3) is 0.312. The van der Waals surface area contributed by atoms with Crippen LogP contribution in [-0.2, 0) is 9.84 Å². The molecule has 0 unspecified atom stereocenters. The van der Waals surface area contributed by atoms with Crippen LogP contribution in [0.3, 0.4) is 0 Å². The fourth-order valence-corrected chi connectivity index (χ4v) is 6.16. The van der Waals surface area contributed by atoms with Crippen molar-refractivity contribution in [1.82, 2.24) is 9.88 Å². The van der Waals surface area contributed by atoms with Crippen LogP contribution in [0.15, 0.2) is 77.8 Å². The van der Waals surface area contributed by atoms with Gasteiger partial charge in [0, 0.05) is 22.8 Å². The second-order valence-electron chi connectivity index (χ2n) is 10.7. The molecule has 2 aliphatic carbocycles. The quantitative estimate of drug-likeness (QED) is 0.262. The molecule has 6 nitrogen and oxygen atoms in total. The van der Waals surface area contributed by atoms with Gasteiger partial charge in [0.05, 0.1) is 34.7 Å². The number of aromatic nitrogens is 1. The molecule has 198 valence electrons. The lowest BCUT2D eigenvalue weighted by Gasteiger charge is -2.17. The van der Waals surface area contributed by atoms with Gasteiger partial charge in [-0.3, -0.25) is 4.79 Å². The first-order valence-corrected chi connectivity index (χ1v) is 15.3. The van der Waals surface area contributed by atoms with Crippen LogP contribution in [0.5, 0.6) is 0 Å². The summed E-state index contributed by atoms with van der Waals surface area (Å²) in [5.74, 6) is 1.12. The number of sulfone groups is 1. The summed E-state index contributed by atoms with van der Waals surface area (Å²) in [6, 6.07) is 22.7. The standard InChI is InChI=1S/C32H31N3O3S/c1-2-39(37,38)29-10-7-23(8-11-29)30(13-15-33)34-32(36)25-9-12-31-24(17-25)14-16-35(31)28-19-26(21-3-4-21)18-27(20-28)22-5-6-22/h7-12,14,16-22,30H,2-6,13H2,1H3,(H,34,36)/t30-/m0/s1. The van der Waals surface area contributed by atoms with E-state index in [0.29, 0.717) is 23.0 Å². The third kappa shape index (κ3) is 5.22. The van der Waals surface area contributed by atoms with Crippen LogP contribution < -0.4 is 5.32 Å². The number of amides is 1. The Labute approximate surface area is 229 Å². The summed E-state index contributed by atoms with van der Waals surface area (Å²) in [5.41, 5.74) is 6.30. The predicted molar refractivity (Wildman–Crippen MR) is 152 cm³/mol. The van der Waals surface area contributed by atoms with Gasteiger partial charge in [0.2, 0.25) is 0 Å². The highest BCUT2D eigenvalue weighted by Crippen LogP contribution is 2.46. The van der Waals surface area contributed by atoms with E-state index in [4.69, 9.17) is 0 Å². The third-order valence-corrected chi connectivity index (χ3v) is 9.66. The average Bonchev–Trinajstić information content (AvgIpc) is 3.89. The van der Waals surface area contributed by atoms with Gasteiger partial charge in [0.25, 0.3) is 5.91 Å². The zero-order chi connectivity index (χ0) is 27.1. The maximum atomic E-state index is 13.2. The van der Waals surface area contributed by atoms with E-state index in [1.807, 2.05) is 24.3 Å². The summed E-state index contributed by atoms with van der Waals surface area (Å²) < 4.78 is 26.5. The van der Waals surface area contributed by atoms with E-state index in [2.05, 4.69) is 40.3 Å². The molecule has 1 atom stereocenters. The first-order valence-electron chi connectivity index (χ1n) is 13.6. The van der Waals surface area contributed by atoms with Gasteiger partial charge >= 0.3 is 0 Å².